The summed E-state index contributed by atoms with van der Waals surface area (Å²) in [5.41, 5.74) is 0. The van der Waals surface area contributed by atoms with E-state index in [9.17, 15) is 0 Å². The second kappa shape index (κ2) is 4.82. The van der Waals surface area contributed by atoms with Gasteiger partial charge in [0, 0.05) is 17.3 Å². The third kappa shape index (κ3) is 2.49. The number of aromatic nitrogens is 2. The summed E-state index contributed by atoms with van der Waals surface area (Å²) in [6.45, 7) is 0.0646. The molecule has 0 bridgehead atoms. The molecule has 76 valence electrons. The molecule has 0 aromatic carbocycles. The summed E-state index contributed by atoms with van der Waals surface area (Å²) in [6, 6.07) is 5.77. The topological polar surface area (TPSA) is 46.0 Å². The van der Waals surface area contributed by atoms with Crippen molar-refractivity contribution in [3.8, 4) is 10.7 Å². The van der Waals surface area contributed by atoms with E-state index in [4.69, 9.17) is 5.11 Å². The highest BCUT2D eigenvalue weighted by Gasteiger charge is 2.02. The average Bonchev–Trinajstić information content (AvgIpc) is 2.76. The lowest BCUT2D eigenvalue weighted by molar-refractivity contribution is 0.343. The monoisotopic (exact) mass is 218 g/mol. The van der Waals surface area contributed by atoms with Gasteiger partial charge in [0.05, 0.1) is 11.5 Å². The highest BCUT2D eigenvalue weighted by atomic mass is 32.1. The Hall–Kier alpha value is -1.52. The normalized spacial score (nSPS) is 11.0. The van der Waals surface area contributed by atoms with Crippen LogP contribution < -0.4 is 0 Å². The van der Waals surface area contributed by atoms with Gasteiger partial charge in [0.2, 0.25) is 0 Å². The Labute approximate surface area is 91.8 Å². The molecule has 2 aromatic rings. The summed E-state index contributed by atoms with van der Waals surface area (Å²) in [6.07, 6.45) is 7.05. The van der Waals surface area contributed by atoms with E-state index in [1.807, 2.05) is 18.2 Å². The minimum atomic E-state index is 0.0646. The number of thiophene rings is 1. The van der Waals surface area contributed by atoms with Crippen molar-refractivity contribution in [2.45, 2.75) is 0 Å². The Morgan fingerprint density at radius 1 is 1.27 bits per heavy atom. The first-order valence-corrected chi connectivity index (χ1v) is 5.36. The van der Waals surface area contributed by atoms with Crippen LogP contribution in [0.3, 0.4) is 0 Å². The van der Waals surface area contributed by atoms with E-state index >= 15 is 0 Å². The first-order chi connectivity index (χ1) is 7.40. The van der Waals surface area contributed by atoms with Gasteiger partial charge in [0.15, 0.2) is 5.82 Å². The zero-order valence-corrected chi connectivity index (χ0v) is 8.81. The van der Waals surface area contributed by atoms with E-state index in [-0.39, 0.29) is 6.61 Å². The fourth-order valence-electron chi connectivity index (χ4n) is 1.16. The molecule has 0 spiro atoms. The van der Waals surface area contributed by atoms with Gasteiger partial charge in [0.1, 0.15) is 0 Å². The standard InChI is InChI=1S/C11H10N2OS/c14-8-1-3-9-4-5-10(15-9)11-12-6-2-7-13-11/h1-7,14H,8H2. The molecule has 0 aliphatic rings. The molecular weight excluding hydrogens is 208 g/mol. The number of hydrogen-bond donors (Lipinski definition) is 1. The van der Waals surface area contributed by atoms with Gasteiger partial charge in [-0.3, -0.25) is 0 Å². The smallest absolute Gasteiger partial charge is 0.169 e. The van der Waals surface area contributed by atoms with Crippen LogP contribution in [0.4, 0.5) is 0 Å². The Kier molecular flexibility index (Phi) is 3.22. The average molecular weight is 218 g/mol. The molecule has 0 saturated heterocycles. The fourth-order valence-corrected chi connectivity index (χ4v) is 2.04. The molecule has 0 aliphatic carbocycles. The maximum atomic E-state index is 8.64. The maximum Gasteiger partial charge on any atom is 0.169 e. The maximum absolute atomic E-state index is 8.64. The third-order valence-corrected chi connectivity index (χ3v) is 2.85. The van der Waals surface area contributed by atoms with Crippen LogP contribution in [-0.2, 0) is 0 Å². The Morgan fingerprint density at radius 2 is 2.07 bits per heavy atom. The second-order valence-corrected chi connectivity index (χ2v) is 3.97. The molecule has 4 heteroatoms. The molecule has 0 unspecified atom stereocenters. The van der Waals surface area contributed by atoms with Crippen LogP contribution in [0, 0.1) is 0 Å². The van der Waals surface area contributed by atoms with Gasteiger partial charge in [-0.1, -0.05) is 6.08 Å². The first-order valence-electron chi connectivity index (χ1n) is 4.55. The van der Waals surface area contributed by atoms with Crippen LogP contribution in [0.2, 0.25) is 0 Å². The van der Waals surface area contributed by atoms with Gasteiger partial charge < -0.3 is 5.11 Å². The molecular formula is C11H10N2OS. The molecule has 1 N–H and O–H groups in total. The molecule has 0 atom stereocenters. The van der Waals surface area contributed by atoms with Crippen LogP contribution in [0.1, 0.15) is 4.88 Å². The third-order valence-electron chi connectivity index (χ3n) is 1.80. The lowest BCUT2D eigenvalue weighted by Crippen LogP contribution is -1.81. The quantitative estimate of drug-likeness (QED) is 0.859. The zero-order chi connectivity index (χ0) is 10.5. The van der Waals surface area contributed by atoms with Crippen molar-refractivity contribution in [1.29, 1.82) is 0 Å². The van der Waals surface area contributed by atoms with Crippen LogP contribution >= 0.6 is 11.3 Å². The second-order valence-electron chi connectivity index (χ2n) is 2.86. The van der Waals surface area contributed by atoms with Gasteiger partial charge in [0.25, 0.3) is 0 Å². The lowest BCUT2D eigenvalue weighted by atomic mass is 10.4. The Balaban J connectivity index is 2.24. The van der Waals surface area contributed by atoms with Crippen LogP contribution in [0.5, 0.6) is 0 Å². The van der Waals surface area contributed by atoms with Crippen molar-refractivity contribution < 1.29 is 5.11 Å². The number of aliphatic hydroxyl groups is 1. The minimum absolute atomic E-state index is 0.0646. The largest absolute Gasteiger partial charge is 0.392 e. The lowest BCUT2D eigenvalue weighted by Gasteiger charge is -1.91. The SMILES string of the molecule is OCC=Cc1ccc(-c2ncccn2)s1. The fraction of sp³-hybridized carbons (Fsp3) is 0.0909. The summed E-state index contributed by atoms with van der Waals surface area (Å²) >= 11 is 1.60. The minimum Gasteiger partial charge on any atom is -0.392 e. The highest BCUT2D eigenvalue weighted by molar-refractivity contribution is 7.16. The molecule has 3 nitrogen and oxygen atoms in total. The van der Waals surface area contributed by atoms with Crippen molar-refractivity contribution in [3.63, 3.8) is 0 Å². The van der Waals surface area contributed by atoms with Gasteiger partial charge in [-0.2, -0.15) is 0 Å². The van der Waals surface area contributed by atoms with E-state index in [1.54, 1.807) is 35.9 Å². The van der Waals surface area contributed by atoms with E-state index in [0.29, 0.717) is 0 Å². The molecule has 15 heavy (non-hydrogen) atoms. The molecule has 2 aromatic heterocycles. The molecule has 2 rings (SSSR count). The van der Waals surface area contributed by atoms with Gasteiger partial charge in [-0.25, -0.2) is 9.97 Å². The molecule has 0 fully saturated rings. The predicted molar refractivity (Wildman–Crippen MR) is 61.5 cm³/mol. The van der Waals surface area contributed by atoms with Crippen molar-refractivity contribution in [3.05, 3.63) is 41.5 Å². The highest BCUT2D eigenvalue weighted by Crippen LogP contribution is 2.25. The summed E-state index contributed by atoms with van der Waals surface area (Å²) in [4.78, 5) is 10.5. The molecule has 0 aliphatic heterocycles. The van der Waals surface area contributed by atoms with Crippen LogP contribution in [0.15, 0.2) is 36.7 Å². The predicted octanol–water partition coefficient (Wildman–Crippen LogP) is 2.21. The van der Waals surface area contributed by atoms with Crippen molar-refractivity contribution in [2.24, 2.45) is 0 Å². The molecule has 2 heterocycles. The summed E-state index contributed by atoms with van der Waals surface area (Å²) in [7, 11) is 0. The van der Waals surface area contributed by atoms with Crippen LogP contribution in [0.25, 0.3) is 16.8 Å². The number of aliphatic hydroxyl groups excluding tert-OH is 1. The number of rotatable bonds is 3. The molecule has 0 radical (unpaired) electrons. The Bertz CT molecular complexity index is 451. The number of hydrogen-bond acceptors (Lipinski definition) is 4. The van der Waals surface area contributed by atoms with Crippen molar-refractivity contribution in [1.82, 2.24) is 9.97 Å². The van der Waals surface area contributed by atoms with Crippen molar-refractivity contribution >= 4 is 17.4 Å². The Morgan fingerprint density at radius 3 is 2.80 bits per heavy atom. The zero-order valence-electron chi connectivity index (χ0n) is 8.00. The van der Waals surface area contributed by atoms with E-state index in [2.05, 4.69) is 9.97 Å². The van der Waals surface area contributed by atoms with E-state index in [1.165, 1.54) is 0 Å². The van der Waals surface area contributed by atoms with E-state index < -0.39 is 0 Å². The van der Waals surface area contributed by atoms with Gasteiger partial charge >= 0.3 is 0 Å². The van der Waals surface area contributed by atoms with Gasteiger partial charge in [-0.05, 0) is 24.3 Å². The summed E-state index contributed by atoms with van der Waals surface area (Å²) in [5.74, 6) is 0.742. The molecule has 0 saturated carbocycles. The first kappa shape index (κ1) is 10.0. The van der Waals surface area contributed by atoms with Gasteiger partial charge in [-0.15, -0.1) is 11.3 Å². The van der Waals surface area contributed by atoms with Crippen molar-refractivity contribution in [2.75, 3.05) is 6.61 Å². The number of nitrogens with zero attached hydrogens (tertiary/aromatic N) is 2. The summed E-state index contributed by atoms with van der Waals surface area (Å²) < 4.78 is 0. The van der Waals surface area contributed by atoms with E-state index in [0.717, 1.165) is 15.6 Å². The molecule has 0 amide bonds. The van der Waals surface area contributed by atoms with Crippen LogP contribution in [-0.4, -0.2) is 21.7 Å². The summed E-state index contributed by atoms with van der Waals surface area (Å²) in [5, 5.41) is 8.64.